The molecule has 0 unspecified atom stereocenters. The molecule has 1 saturated heterocycles. The number of amides is 1. The summed E-state index contributed by atoms with van der Waals surface area (Å²) in [5, 5.41) is 0. The highest BCUT2D eigenvalue weighted by Gasteiger charge is 2.29. The predicted octanol–water partition coefficient (Wildman–Crippen LogP) is 3.11. The van der Waals surface area contributed by atoms with Crippen molar-refractivity contribution in [2.45, 2.75) is 46.2 Å². The molecule has 1 fully saturated rings. The van der Waals surface area contributed by atoms with E-state index in [4.69, 9.17) is 0 Å². The lowest BCUT2D eigenvalue weighted by atomic mass is 10.1. The van der Waals surface area contributed by atoms with Gasteiger partial charge in [0.05, 0.1) is 0 Å². The number of hydrogen-bond acceptors (Lipinski definition) is 4. The van der Waals surface area contributed by atoms with Crippen LogP contribution in [-0.4, -0.2) is 39.9 Å². The van der Waals surface area contributed by atoms with E-state index in [1.54, 1.807) is 0 Å². The van der Waals surface area contributed by atoms with Crippen LogP contribution in [0.3, 0.4) is 0 Å². The Morgan fingerprint density at radius 2 is 1.96 bits per heavy atom. The normalized spacial score (nSPS) is 18.4. The standard InChI is InChI=1S/C20H26N4O/c1-4-18-14-23(20-15(2)12-21-16(3)22-20)11-10-19(25)24(18)13-17-8-6-5-7-9-17/h5-9,12,18H,4,10-11,13-14H2,1-3H3/t18-/m0/s1. The van der Waals surface area contributed by atoms with Crippen molar-refractivity contribution in [1.82, 2.24) is 14.9 Å². The number of carbonyl (C=O) groups excluding carboxylic acids is 1. The lowest BCUT2D eigenvalue weighted by Gasteiger charge is -2.32. The van der Waals surface area contributed by atoms with Crippen LogP contribution >= 0.6 is 0 Å². The Balaban J connectivity index is 1.84. The van der Waals surface area contributed by atoms with Crippen LogP contribution in [0.4, 0.5) is 5.82 Å². The summed E-state index contributed by atoms with van der Waals surface area (Å²) in [5.74, 6) is 1.95. The van der Waals surface area contributed by atoms with Gasteiger partial charge in [-0.2, -0.15) is 0 Å². The summed E-state index contributed by atoms with van der Waals surface area (Å²) in [7, 11) is 0. The van der Waals surface area contributed by atoms with Crippen molar-refractivity contribution >= 4 is 11.7 Å². The van der Waals surface area contributed by atoms with Gasteiger partial charge in [-0.25, -0.2) is 9.97 Å². The zero-order chi connectivity index (χ0) is 17.8. The number of hydrogen-bond donors (Lipinski definition) is 0. The van der Waals surface area contributed by atoms with E-state index in [1.807, 2.05) is 43.1 Å². The third kappa shape index (κ3) is 3.98. The Labute approximate surface area is 149 Å². The first kappa shape index (κ1) is 17.4. The number of carbonyl (C=O) groups is 1. The predicted molar refractivity (Wildman–Crippen MR) is 99.4 cm³/mol. The number of nitrogens with zero attached hydrogens (tertiary/aromatic N) is 4. The second-order valence-corrected chi connectivity index (χ2v) is 6.69. The van der Waals surface area contributed by atoms with Gasteiger partial charge in [-0.1, -0.05) is 37.3 Å². The van der Waals surface area contributed by atoms with Crippen LogP contribution in [-0.2, 0) is 11.3 Å². The molecule has 1 aromatic heterocycles. The highest BCUT2D eigenvalue weighted by molar-refractivity contribution is 5.78. The van der Waals surface area contributed by atoms with Gasteiger partial charge in [0, 0.05) is 43.9 Å². The first-order valence-corrected chi connectivity index (χ1v) is 8.97. The lowest BCUT2D eigenvalue weighted by Crippen LogP contribution is -2.42. The van der Waals surface area contributed by atoms with Crippen molar-refractivity contribution in [3.8, 4) is 0 Å². The summed E-state index contributed by atoms with van der Waals surface area (Å²) in [6, 6.07) is 10.4. The van der Waals surface area contributed by atoms with E-state index in [0.717, 1.165) is 30.2 Å². The highest BCUT2D eigenvalue weighted by Crippen LogP contribution is 2.23. The maximum Gasteiger partial charge on any atom is 0.224 e. The monoisotopic (exact) mass is 338 g/mol. The number of anilines is 1. The van der Waals surface area contributed by atoms with Crippen LogP contribution < -0.4 is 4.90 Å². The van der Waals surface area contributed by atoms with Gasteiger partial charge < -0.3 is 9.80 Å². The van der Waals surface area contributed by atoms with Gasteiger partial charge in [0.2, 0.25) is 5.91 Å². The summed E-state index contributed by atoms with van der Waals surface area (Å²) >= 11 is 0. The molecular formula is C20H26N4O. The second kappa shape index (κ2) is 7.64. The summed E-state index contributed by atoms with van der Waals surface area (Å²) in [5.41, 5.74) is 2.24. The summed E-state index contributed by atoms with van der Waals surface area (Å²) < 4.78 is 0. The minimum absolute atomic E-state index is 0.185. The Morgan fingerprint density at radius 3 is 2.68 bits per heavy atom. The van der Waals surface area contributed by atoms with E-state index in [9.17, 15) is 4.79 Å². The SMILES string of the molecule is CC[C@H]1CN(c2nc(C)ncc2C)CCC(=O)N1Cc1ccccc1. The number of aromatic nitrogens is 2. The molecule has 1 aromatic carbocycles. The fraction of sp³-hybridized carbons (Fsp3) is 0.450. The van der Waals surface area contributed by atoms with Crippen LogP contribution in [0, 0.1) is 13.8 Å². The third-order valence-corrected chi connectivity index (χ3v) is 4.82. The molecule has 2 heterocycles. The van der Waals surface area contributed by atoms with Crippen molar-refractivity contribution < 1.29 is 4.79 Å². The minimum Gasteiger partial charge on any atom is -0.354 e. The maximum atomic E-state index is 12.8. The van der Waals surface area contributed by atoms with E-state index in [0.29, 0.717) is 19.5 Å². The molecular weight excluding hydrogens is 312 g/mol. The van der Waals surface area contributed by atoms with Gasteiger partial charge >= 0.3 is 0 Å². The molecule has 0 radical (unpaired) electrons. The topological polar surface area (TPSA) is 49.3 Å². The zero-order valence-electron chi connectivity index (χ0n) is 15.3. The van der Waals surface area contributed by atoms with Crippen LogP contribution in [0.5, 0.6) is 0 Å². The van der Waals surface area contributed by atoms with Crippen molar-refractivity contribution in [3.63, 3.8) is 0 Å². The smallest absolute Gasteiger partial charge is 0.224 e. The molecule has 0 saturated carbocycles. The van der Waals surface area contributed by atoms with Crippen molar-refractivity contribution in [3.05, 3.63) is 53.5 Å². The number of rotatable bonds is 4. The second-order valence-electron chi connectivity index (χ2n) is 6.69. The average molecular weight is 338 g/mol. The molecule has 132 valence electrons. The maximum absolute atomic E-state index is 12.8. The van der Waals surface area contributed by atoms with Gasteiger partial charge in [0.25, 0.3) is 0 Å². The highest BCUT2D eigenvalue weighted by atomic mass is 16.2. The fourth-order valence-electron chi connectivity index (χ4n) is 3.40. The molecule has 1 aliphatic rings. The van der Waals surface area contributed by atoms with Crippen LogP contribution in [0.25, 0.3) is 0 Å². The summed E-state index contributed by atoms with van der Waals surface area (Å²) in [4.78, 5) is 26.0. The molecule has 0 aliphatic carbocycles. The average Bonchev–Trinajstić information content (AvgIpc) is 2.78. The molecule has 5 nitrogen and oxygen atoms in total. The molecule has 2 aromatic rings. The third-order valence-electron chi connectivity index (χ3n) is 4.82. The fourth-order valence-corrected chi connectivity index (χ4v) is 3.40. The van der Waals surface area contributed by atoms with Gasteiger partial charge in [-0.3, -0.25) is 4.79 Å². The van der Waals surface area contributed by atoms with Crippen LogP contribution in [0.1, 0.15) is 36.7 Å². The molecule has 0 bridgehead atoms. The lowest BCUT2D eigenvalue weighted by molar-refractivity contribution is -0.133. The number of aryl methyl sites for hydroxylation is 2. The van der Waals surface area contributed by atoms with Crippen LogP contribution in [0.15, 0.2) is 36.5 Å². The van der Waals surface area contributed by atoms with E-state index in [-0.39, 0.29) is 11.9 Å². The van der Waals surface area contributed by atoms with Gasteiger partial charge in [0.1, 0.15) is 11.6 Å². The van der Waals surface area contributed by atoms with E-state index < -0.39 is 0 Å². The van der Waals surface area contributed by atoms with E-state index in [1.165, 1.54) is 5.56 Å². The van der Waals surface area contributed by atoms with Crippen molar-refractivity contribution in [1.29, 1.82) is 0 Å². The summed E-state index contributed by atoms with van der Waals surface area (Å²) in [6.07, 6.45) is 3.32. The molecule has 5 heteroatoms. The largest absolute Gasteiger partial charge is 0.354 e. The molecule has 0 spiro atoms. The first-order valence-electron chi connectivity index (χ1n) is 8.97. The van der Waals surface area contributed by atoms with Crippen LogP contribution in [0.2, 0.25) is 0 Å². The molecule has 1 amide bonds. The van der Waals surface area contributed by atoms with Crippen molar-refractivity contribution in [2.75, 3.05) is 18.0 Å². The van der Waals surface area contributed by atoms with Crippen molar-refractivity contribution in [2.24, 2.45) is 0 Å². The van der Waals surface area contributed by atoms with E-state index >= 15 is 0 Å². The molecule has 1 aliphatic heterocycles. The molecule has 25 heavy (non-hydrogen) atoms. The molecule has 0 N–H and O–H groups in total. The Kier molecular flexibility index (Phi) is 5.31. The number of benzene rings is 1. The summed E-state index contributed by atoms with van der Waals surface area (Å²) in [6.45, 7) is 8.28. The van der Waals surface area contributed by atoms with E-state index in [2.05, 4.69) is 33.9 Å². The Hall–Kier alpha value is -2.43. The molecule has 3 rings (SSSR count). The zero-order valence-corrected chi connectivity index (χ0v) is 15.3. The molecule has 1 atom stereocenters. The Bertz CT molecular complexity index is 732. The minimum atomic E-state index is 0.185. The van der Waals surface area contributed by atoms with Gasteiger partial charge in [-0.05, 0) is 25.8 Å². The van der Waals surface area contributed by atoms with Gasteiger partial charge in [-0.15, -0.1) is 0 Å². The quantitative estimate of drug-likeness (QED) is 0.859. The Morgan fingerprint density at radius 1 is 1.20 bits per heavy atom. The van der Waals surface area contributed by atoms with Gasteiger partial charge in [0.15, 0.2) is 0 Å². The first-order chi connectivity index (χ1) is 12.1.